The number of aliphatic carboxylic acids is 1. The second-order valence-electron chi connectivity index (χ2n) is 5.26. The number of amides is 1. The average Bonchev–Trinajstić information content (AvgIpc) is 2.38. The summed E-state index contributed by atoms with van der Waals surface area (Å²) in [7, 11) is 0. The van der Waals surface area contributed by atoms with Crippen LogP contribution in [0, 0.1) is 17.6 Å². The quantitative estimate of drug-likeness (QED) is 0.813. The van der Waals surface area contributed by atoms with Crippen LogP contribution in [-0.2, 0) is 16.0 Å². The van der Waals surface area contributed by atoms with Crippen molar-refractivity contribution in [3.63, 3.8) is 0 Å². The Morgan fingerprint density at radius 1 is 1.24 bits per heavy atom. The molecule has 2 N–H and O–H groups in total. The van der Waals surface area contributed by atoms with E-state index in [0.29, 0.717) is 5.56 Å². The van der Waals surface area contributed by atoms with Gasteiger partial charge in [0, 0.05) is 12.5 Å². The smallest absolute Gasteiger partial charge is 0.305 e. The second-order valence-corrected chi connectivity index (χ2v) is 5.26. The molecule has 1 rings (SSSR count). The third-order valence-corrected chi connectivity index (χ3v) is 3.17. The third-order valence-electron chi connectivity index (χ3n) is 3.17. The summed E-state index contributed by atoms with van der Waals surface area (Å²) in [5.74, 6) is -3.16. The fraction of sp³-hybridized carbons (Fsp3) is 0.467. The molecule has 116 valence electrons. The maximum Gasteiger partial charge on any atom is 0.305 e. The topological polar surface area (TPSA) is 66.4 Å². The number of hydrogen-bond acceptors (Lipinski definition) is 2. The zero-order chi connectivity index (χ0) is 16.0. The lowest BCUT2D eigenvalue weighted by Gasteiger charge is -2.20. The van der Waals surface area contributed by atoms with Crippen molar-refractivity contribution in [1.82, 2.24) is 5.32 Å². The standard InChI is InChI=1S/C15H19F2NO3/c1-9(2)13(8-15(20)21)18-14(19)6-4-10-3-5-11(16)12(17)7-10/h3,5,7,9,13H,4,6,8H2,1-2H3,(H,18,19)(H,20,21). The fourth-order valence-corrected chi connectivity index (χ4v) is 1.87. The van der Waals surface area contributed by atoms with E-state index in [-0.39, 0.29) is 31.1 Å². The lowest BCUT2D eigenvalue weighted by molar-refractivity contribution is -0.138. The molecule has 4 nitrogen and oxygen atoms in total. The van der Waals surface area contributed by atoms with Crippen molar-refractivity contribution in [3.8, 4) is 0 Å². The molecule has 21 heavy (non-hydrogen) atoms. The summed E-state index contributed by atoms with van der Waals surface area (Å²) >= 11 is 0. The molecule has 0 fully saturated rings. The number of benzene rings is 1. The van der Waals surface area contributed by atoms with Crippen molar-refractivity contribution >= 4 is 11.9 Å². The van der Waals surface area contributed by atoms with Gasteiger partial charge in [-0.15, -0.1) is 0 Å². The summed E-state index contributed by atoms with van der Waals surface area (Å²) in [6, 6.07) is 3.05. The van der Waals surface area contributed by atoms with Gasteiger partial charge in [0.1, 0.15) is 0 Å². The van der Waals surface area contributed by atoms with Crippen molar-refractivity contribution in [1.29, 1.82) is 0 Å². The van der Waals surface area contributed by atoms with Gasteiger partial charge in [0.05, 0.1) is 6.42 Å². The number of aryl methyl sites for hydroxylation is 1. The molecule has 0 spiro atoms. The summed E-state index contributed by atoms with van der Waals surface area (Å²) in [5.41, 5.74) is 0.517. The number of carbonyl (C=O) groups is 2. The monoisotopic (exact) mass is 299 g/mol. The number of carboxylic acids is 1. The van der Waals surface area contributed by atoms with E-state index in [1.165, 1.54) is 6.07 Å². The Labute approximate surface area is 122 Å². The van der Waals surface area contributed by atoms with E-state index < -0.39 is 23.6 Å². The summed E-state index contributed by atoms with van der Waals surface area (Å²) in [6.45, 7) is 3.65. The third kappa shape index (κ3) is 5.89. The zero-order valence-corrected chi connectivity index (χ0v) is 12.0. The lowest BCUT2D eigenvalue weighted by Crippen LogP contribution is -2.40. The normalized spacial score (nSPS) is 12.2. The van der Waals surface area contributed by atoms with Gasteiger partial charge in [0.2, 0.25) is 5.91 Å². The van der Waals surface area contributed by atoms with Crippen molar-refractivity contribution in [2.45, 2.75) is 39.2 Å². The molecule has 0 aromatic heterocycles. The molecule has 1 atom stereocenters. The highest BCUT2D eigenvalue weighted by Crippen LogP contribution is 2.11. The molecule has 0 saturated heterocycles. The number of rotatable bonds is 7. The van der Waals surface area contributed by atoms with Gasteiger partial charge in [0.15, 0.2) is 11.6 Å². The number of hydrogen-bond donors (Lipinski definition) is 2. The van der Waals surface area contributed by atoms with E-state index in [9.17, 15) is 18.4 Å². The predicted molar refractivity (Wildman–Crippen MR) is 73.7 cm³/mol. The maximum atomic E-state index is 13.0. The van der Waals surface area contributed by atoms with Gasteiger partial charge in [-0.3, -0.25) is 9.59 Å². The lowest BCUT2D eigenvalue weighted by atomic mass is 10.0. The Bertz CT molecular complexity index is 518. The molecule has 0 saturated carbocycles. The molecular weight excluding hydrogens is 280 g/mol. The Balaban J connectivity index is 2.52. The van der Waals surface area contributed by atoms with E-state index in [4.69, 9.17) is 5.11 Å². The van der Waals surface area contributed by atoms with Crippen molar-refractivity contribution < 1.29 is 23.5 Å². The second kappa shape index (κ2) is 7.71. The first kappa shape index (κ1) is 17.1. The van der Waals surface area contributed by atoms with Gasteiger partial charge < -0.3 is 10.4 Å². The molecule has 0 heterocycles. The minimum atomic E-state index is -0.977. The minimum absolute atomic E-state index is 0.00619. The SMILES string of the molecule is CC(C)C(CC(=O)O)NC(=O)CCc1ccc(F)c(F)c1. The van der Waals surface area contributed by atoms with Gasteiger partial charge in [-0.05, 0) is 30.0 Å². The van der Waals surface area contributed by atoms with Crippen LogP contribution in [0.15, 0.2) is 18.2 Å². The molecule has 1 unspecified atom stereocenters. The van der Waals surface area contributed by atoms with Gasteiger partial charge in [-0.2, -0.15) is 0 Å². The number of carboxylic acid groups (broad SMARTS) is 1. The predicted octanol–water partition coefficient (Wildman–Crippen LogP) is 2.51. The number of carbonyl (C=O) groups excluding carboxylic acids is 1. The first-order valence-corrected chi connectivity index (χ1v) is 6.74. The average molecular weight is 299 g/mol. The Hall–Kier alpha value is -1.98. The molecule has 1 aromatic carbocycles. The first-order chi connectivity index (χ1) is 9.79. The van der Waals surface area contributed by atoms with Crippen LogP contribution in [0.2, 0.25) is 0 Å². The molecule has 1 aromatic rings. The molecule has 0 aliphatic carbocycles. The summed E-state index contributed by atoms with van der Waals surface area (Å²) < 4.78 is 25.8. The zero-order valence-electron chi connectivity index (χ0n) is 12.0. The van der Waals surface area contributed by atoms with Crippen molar-refractivity contribution in [2.75, 3.05) is 0 Å². The van der Waals surface area contributed by atoms with E-state index >= 15 is 0 Å². The van der Waals surface area contributed by atoms with Crippen LogP contribution < -0.4 is 5.32 Å². The van der Waals surface area contributed by atoms with E-state index in [2.05, 4.69) is 5.32 Å². The van der Waals surface area contributed by atoms with Gasteiger partial charge in [-0.1, -0.05) is 19.9 Å². The number of halogens is 2. The van der Waals surface area contributed by atoms with Gasteiger partial charge in [-0.25, -0.2) is 8.78 Å². The van der Waals surface area contributed by atoms with E-state index in [1.807, 2.05) is 13.8 Å². The fourth-order valence-electron chi connectivity index (χ4n) is 1.87. The molecule has 0 aliphatic heterocycles. The summed E-state index contributed by atoms with van der Waals surface area (Å²) in [5, 5.41) is 11.4. The van der Waals surface area contributed by atoms with Crippen molar-refractivity contribution in [2.24, 2.45) is 5.92 Å². The summed E-state index contributed by atoms with van der Waals surface area (Å²) in [6.07, 6.45) is 0.212. The molecule has 0 bridgehead atoms. The van der Waals surface area contributed by atoms with Crippen LogP contribution in [0.1, 0.15) is 32.3 Å². The van der Waals surface area contributed by atoms with E-state index in [0.717, 1.165) is 12.1 Å². The minimum Gasteiger partial charge on any atom is -0.481 e. The summed E-state index contributed by atoms with van der Waals surface area (Å²) in [4.78, 5) is 22.5. The Morgan fingerprint density at radius 3 is 2.43 bits per heavy atom. The molecule has 1 amide bonds. The highest BCUT2D eigenvalue weighted by atomic mass is 19.2. The maximum absolute atomic E-state index is 13.0. The molecule has 0 aliphatic rings. The van der Waals surface area contributed by atoms with Crippen LogP contribution in [0.5, 0.6) is 0 Å². The molecule has 0 radical (unpaired) electrons. The van der Waals surface area contributed by atoms with Crippen LogP contribution in [0.25, 0.3) is 0 Å². The first-order valence-electron chi connectivity index (χ1n) is 6.74. The molecular formula is C15H19F2NO3. The largest absolute Gasteiger partial charge is 0.481 e. The van der Waals surface area contributed by atoms with Gasteiger partial charge >= 0.3 is 5.97 Å². The molecule has 6 heteroatoms. The number of nitrogens with one attached hydrogen (secondary N) is 1. The highest BCUT2D eigenvalue weighted by molar-refractivity contribution is 5.77. The van der Waals surface area contributed by atoms with Crippen LogP contribution in [0.4, 0.5) is 8.78 Å². The van der Waals surface area contributed by atoms with E-state index in [1.54, 1.807) is 0 Å². The van der Waals surface area contributed by atoms with Gasteiger partial charge in [0.25, 0.3) is 0 Å². The highest BCUT2D eigenvalue weighted by Gasteiger charge is 2.19. The van der Waals surface area contributed by atoms with Crippen molar-refractivity contribution in [3.05, 3.63) is 35.4 Å². The van der Waals surface area contributed by atoms with Crippen LogP contribution in [0.3, 0.4) is 0 Å². The van der Waals surface area contributed by atoms with Crippen LogP contribution in [-0.4, -0.2) is 23.0 Å². The Kier molecular flexibility index (Phi) is 6.27. The Morgan fingerprint density at radius 2 is 1.90 bits per heavy atom. The van der Waals surface area contributed by atoms with Crippen LogP contribution >= 0.6 is 0 Å².